The first-order chi connectivity index (χ1) is 8.83. The Morgan fingerprint density at radius 3 is 2.63 bits per heavy atom. The molecule has 0 saturated heterocycles. The number of methoxy groups -OCH3 is 1. The highest BCUT2D eigenvalue weighted by Crippen LogP contribution is 2.21. The fraction of sp³-hybridized carbons (Fsp3) is 0.400. The zero-order chi connectivity index (χ0) is 14.5. The SMILES string of the molecule is COC(=O)c1nc(Cl)ccc1OCCOC(F)(F)F. The summed E-state index contributed by atoms with van der Waals surface area (Å²) in [6, 6.07) is 2.63. The average molecular weight is 300 g/mol. The molecule has 0 bridgehead atoms. The fourth-order valence-corrected chi connectivity index (χ4v) is 1.24. The van der Waals surface area contributed by atoms with E-state index in [1.807, 2.05) is 0 Å². The van der Waals surface area contributed by atoms with E-state index >= 15 is 0 Å². The number of hydrogen-bond donors (Lipinski definition) is 0. The number of ether oxygens (including phenoxy) is 3. The normalized spacial score (nSPS) is 11.2. The maximum Gasteiger partial charge on any atom is 0.522 e. The van der Waals surface area contributed by atoms with E-state index in [9.17, 15) is 18.0 Å². The highest BCUT2D eigenvalue weighted by molar-refractivity contribution is 6.29. The third-order valence-corrected chi connectivity index (χ3v) is 2.02. The molecule has 0 spiro atoms. The molecule has 0 saturated carbocycles. The van der Waals surface area contributed by atoms with Crippen LogP contribution in [-0.2, 0) is 9.47 Å². The van der Waals surface area contributed by atoms with Crippen LogP contribution >= 0.6 is 11.6 Å². The van der Waals surface area contributed by atoms with Crippen molar-refractivity contribution >= 4 is 17.6 Å². The summed E-state index contributed by atoms with van der Waals surface area (Å²) in [5, 5.41) is 0.0271. The summed E-state index contributed by atoms with van der Waals surface area (Å²) >= 11 is 5.59. The van der Waals surface area contributed by atoms with Gasteiger partial charge in [-0.15, -0.1) is 13.2 Å². The van der Waals surface area contributed by atoms with Gasteiger partial charge in [-0.05, 0) is 12.1 Å². The highest BCUT2D eigenvalue weighted by atomic mass is 35.5. The molecule has 0 fully saturated rings. The molecule has 1 heterocycles. The molecule has 5 nitrogen and oxygen atoms in total. The Bertz CT molecular complexity index is 453. The predicted molar refractivity (Wildman–Crippen MR) is 58.1 cm³/mol. The van der Waals surface area contributed by atoms with Gasteiger partial charge in [0.15, 0.2) is 11.4 Å². The minimum absolute atomic E-state index is 0.0271. The van der Waals surface area contributed by atoms with E-state index in [1.54, 1.807) is 0 Å². The Morgan fingerprint density at radius 1 is 1.37 bits per heavy atom. The van der Waals surface area contributed by atoms with Gasteiger partial charge in [0.1, 0.15) is 11.8 Å². The van der Waals surface area contributed by atoms with Crippen LogP contribution in [-0.4, -0.2) is 37.6 Å². The maximum atomic E-state index is 11.7. The molecule has 0 aliphatic carbocycles. The molecule has 1 aromatic rings. The number of hydrogen-bond acceptors (Lipinski definition) is 5. The van der Waals surface area contributed by atoms with E-state index in [0.717, 1.165) is 7.11 Å². The van der Waals surface area contributed by atoms with Crippen molar-refractivity contribution in [3.63, 3.8) is 0 Å². The van der Waals surface area contributed by atoms with Gasteiger partial charge >= 0.3 is 12.3 Å². The molecular formula is C10H9ClF3NO4. The van der Waals surface area contributed by atoms with Crippen LogP contribution < -0.4 is 4.74 Å². The molecule has 0 unspecified atom stereocenters. The number of esters is 1. The van der Waals surface area contributed by atoms with E-state index in [2.05, 4.69) is 14.5 Å². The molecule has 1 aromatic heterocycles. The summed E-state index contributed by atoms with van der Waals surface area (Å²) < 4.78 is 48.1. The first-order valence-corrected chi connectivity index (χ1v) is 5.29. The number of aromatic nitrogens is 1. The van der Waals surface area contributed by atoms with Crippen molar-refractivity contribution in [3.05, 3.63) is 23.0 Å². The van der Waals surface area contributed by atoms with Gasteiger partial charge in [-0.25, -0.2) is 9.78 Å². The lowest BCUT2D eigenvalue weighted by Crippen LogP contribution is -2.19. The topological polar surface area (TPSA) is 57.7 Å². The van der Waals surface area contributed by atoms with Crippen LogP contribution in [0.5, 0.6) is 5.75 Å². The number of alkyl halides is 3. The Kier molecular flexibility index (Phi) is 5.37. The fourth-order valence-electron chi connectivity index (χ4n) is 1.09. The monoisotopic (exact) mass is 299 g/mol. The number of carbonyl (C=O) groups is 1. The minimum Gasteiger partial charge on any atom is -0.489 e. The van der Waals surface area contributed by atoms with E-state index < -0.39 is 25.5 Å². The molecule has 19 heavy (non-hydrogen) atoms. The van der Waals surface area contributed by atoms with Crippen molar-refractivity contribution in [2.24, 2.45) is 0 Å². The Labute approximate surface area is 111 Å². The Morgan fingerprint density at radius 2 is 2.05 bits per heavy atom. The summed E-state index contributed by atoms with van der Waals surface area (Å²) in [5.41, 5.74) is -0.220. The second-order valence-corrected chi connectivity index (χ2v) is 3.50. The van der Waals surface area contributed by atoms with Crippen LogP contribution in [0.25, 0.3) is 0 Å². The summed E-state index contributed by atoms with van der Waals surface area (Å²) in [4.78, 5) is 15.0. The van der Waals surface area contributed by atoms with Gasteiger partial charge in [0.2, 0.25) is 0 Å². The van der Waals surface area contributed by atoms with Crippen LogP contribution in [0.3, 0.4) is 0 Å². The van der Waals surface area contributed by atoms with Crippen molar-refractivity contribution in [3.8, 4) is 5.75 Å². The van der Waals surface area contributed by atoms with E-state index in [1.165, 1.54) is 12.1 Å². The summed E-state index contributed by atoms with van der Waals surface area (Å²) in [6.07, 6.45) is -4.73. The van der Waals surface area contributed by atoms with Gasteiger partial charge in [0.25, 0.3) is 0 Å². The predicted octanol–water partition coefficient (Wildman–Crippen LogP) is 2.44. The van der Waals surface area contributed by atoms with Gasteiger partial charge in [0.05, 0.1) is 13.7 Å². The van der Waals surface area contributed by atoms with Crippen molar-refractivity contribution in [2.75, 3.05) is 20.3 Å². The average Bonchev–Trinajstić information content (AvgIpc) is 2.33. The quantitative estimate of drug-likeness (QED) is 0.475. The lowest BCUT2D eigenvalue weighted by molar-refractivity contribution is -0.325. The summed E-state index contributed by atoms with van der Waals surface area (Å²) in [5.74, 6) is -0.851. The zero-order valence-electron chi connectivity index (χ0n) is 9.66. The molecule has 0 radical (unpaired) electrons. The number of halogens is 4. The second kappa shape index (κ2) is 6.58. The van der Waals surface area contributed by atoms with Crippen LogP contribution in [0.15, 0.2) is 12.1 Å². The lowest BCUT2D eigenvalue weighted by atomic mass is 10.3. The van der Waals surface area contributed by atoms with Gasteiger partial charge in [-0.3, -0.25) is 4.74 Å². The van der Waals surface area contributed by atoms with Gasteiger partial charge in [0, 0.05) is 0 Å². The molecule has 0 aliphatic rings. The molecule has 0 amide bonds. The molecule has 0 atom stereocenters. The third kappa shape index (κ3) is 5.31. The molecule has 0 aromatic carbocycles. The van der Waals surface area contributed by atoms with Crippen LogP contribution in [0.2, 0.25) is 5.15 Å². The van der Waals surface area contributed by atoms with Gasteiger partial charge in [-0.2, -0.15) is 0 Å². The molecule has 9 heteroatoms. The second-order valence-electron chi connectivity index (χ2n) is 3.11. The number of nitrogens with zero attached hydrogens (tertiary/aromatic N) is 1. The minimum atomic E-state index is -4.73. The first-order valence-electron chi connectivity index (χ1n) is 4.92. The van der Waals surface area contributed by atoms with Crippen molar-refractivity contribution in [2.45, 2.75) is 6.36 Å². The van der Waals surface area contributed by atoms with Crippen molar-refractivity contribution in [1.29, 1.82) is 0 Å². The van der Waals surface area contributed by atoms with E-state index in [-0.39, 0.29) is 16.6 Å². The number of carbonyl (C=O) groups excluding carboxylic acids is 1. The maximum absolute atomic E-state index is 11.7. The van der Waals surface area contributed by atoms with Crippen LogP contribution in [0.4, 0.5) is 13.2 Å². The van der Waals surface area contributed by atoms with Crippen LogP contribution in [0, 0.1) is 0 Å². The molecule has 0 aliphatic heterocycles. The van der Waals surface area contributed by atoms with Crippen LogP contribution in [0.1, 0.15) is 10.5 Å². The number of pyridine rings is 1. The lowest BCUT2D eigenvalue weighted by Gasteiger charge is -2.11. The molecule has 106 valence electrons. The van der Waals surface area contributed by atoms with Crippen molar-refractivity contribution < 1.29 is 32.2 Å². The van der Waals surface area contributed by atoms with E-state index in [0.29, 0.717) is 0 Å². The largest absolute Gasteiger partial charge is 0.522 e. The van der Waals surface area contributed by atoms with Crippen molar-refractivity contribution in [1.82, 2.24) is 4.98 Å². The Hall–Kier alpha value is -1.54. The molecule has 0 N–H and O–H groups in total. The third-order valence-electron chi connectivity index (χ3n) is 1.81. The standard InChI is InChI=1S/C10H9ClF3NO4/c1-17-9(16)8-6(2-3-7(11)15-8)18-4-5-19-10(12,13)14/h2-3H,4-5H2,1H3. The zero-order valence-corrected chi connectivity index (χ0v) is 10.4. The van der Waals surface area contributed by atoms with E-state index in [4.69, 9.17) is 16.3 Å². The van der Waals surface area contributed by atoms with Gasteiger partial charge in [-0.1, -0.05) is 11.6 Å². The highest BCUT2D eigenvalue weighted by Gasteiger charge is 2.28. The number of rotatable bonds is 5. The summed E-state index contributed by atoms with van der Waals surface area (Å²) in [7, 11) is 1.13. The molecular weight excluding hydrogens is 291 g/mol. The molecule has 1 rings (SSSR count). The van der Waals surface area contributed by atoms with Gasteiger partial charge < -0.3 is 9.47 Å². The summed E-state index contributed by atoms with van der Waals surface area (Å²) in [6.45, 7) is -1.13. The smallest absolute Gasteiger partial charge is 0.489 e. The first kappa shape index (κ1) is 15.5. The Balaban J connectivity index is 2.65.